The molecular weight excluding hydrogens is 863 g/mol. The Morgan fingerprint density at radius 2 is 1.01 bits per heavy atom. The Kier molecular flexibility index (Phi) is 8.75. The monoisotopic (exact) mass is 907 g/mol. The highest BCUT2D eigenvalue weighted by atomic mass is 32.1. The van der Waals surface area contributed by atoms with E-state index in [1.165, 1.54) is 85.2 Å². The first-order valence-electron chi connectivity index (χ1n) is 23.7. The number of para-hydroxylation sites is 2. The number of hydrogen-bond acceptors (Lipinski definition) is 4. The van der Waals surface area contributed by atoms with Crippen LogP contribution in [0.1, 0.15) is 54.7 Å². The number of anilines is 3. The Morgan fingerprint density at radius 1 is 0.471 bits per heavy atom. The first-order valence-corrected chi connectivity index (χ1v) is 25.3. The summed E-state index contributed by atoms with van der Waals surface area (Å²) in [4.78, 5) is 3.79. The van der Waals surface area contributed by atoms with E-state index in [0.717, 1.165) is 56.5 Å². The standard InChI is InChI=1S/C64H45NOS2/c1-38-12-8-23-57-58(38)53-20-11-17-47(62(53)67-57)41-28-34-44(35-29-41)65(42-30-24-39(25-31-42)45-15-9-18-49-48-13-5-7-22-56(48)66-60(45)49)43-32-26-40(27-33-43)46-16-10-19-50-51-36-37-55-59(63(51)68-61(46)50)52-14-4-6-21-54(52)64(55,2)3/h4-11,13-38H,12H2,1-3H3. The topological polar surface area (TPSA) is 16.4 Å². The normalized spacial score (nSPS) is 14.8. The summed E-state index contributed by atoms with van der Waals surface area (Å²) in [7, 11) is 0. The minimum atomic E-state index is -0.0295. The molecule has 68 heavy (non-hydrogen) atoms. The van der Waals surface area contributed by atoms with Crippen molar-refractivity contribution in [2.75, 3.05) is 4.90 Å². The van der Waals surface area contributed by atoms with Crippen molar-refractivity contribution in [2.24, 2.45) is 0 Å². The maximum atomic E-state index is 6.48. The summed E-state index contributed by atoms with van der Waals surface area (Å²) in [5.74, 6) is 0.531. The highest BCUT2D eigenvalue weighted by Gasteiger charge is 2.37. The van der Waals surface area contributed by atoms with Gasteiger partial charge in [-0.2, -0.15) is 0 Å². The first kappa shape index (κ1) is 39.6. The van der Waals surface area contributed by atoms with Gasteiger partial charge in [0.25, 0.3) is 0 Å². The number of rotatable bonds is 6. The quantitative estimate of drug-likeness (QED) is 0.165. The van der Waals surface area contributed by atoms with Gasteiger partial charge in [0, 0.05) is 74.1 Å². The highest BCUT2D eigenvalue weighted by molar-refractivity contribution is 7.27. The van der Waals surface area contributed by atoms with Gasteiger partial charge >= 0.3 is 0 Å². The molecule has 0 saturated heterocycles. The molecule has 1 atom stereocenters. The molecule has 3 aromatic heterocycles. The van der Waals surface area contributed by atoms with Crippen LogP contribution in [-0.4, -0.2) is 0 Å². The van der Waals surface area contributed by atoms with Crippen LogP contribution in [0.15, 0.2) is 199 Å². The zero-order valence-corrected chi connectivity index (χ0v) is 39.6. The molecule has 0 aliphatic heterocycles. The molecule has 9 aromatic carbocycles. The van der Waals surface area contributed by atoms with Crippen LogP contribution in [0.3, 0.4) is 0 Å². The molecule has 0 amide bonds. The molecule has 324 valence electrons. The summed E-state index contributed by atoms with van der Waals surface area (Å²) in [6, 6.07) is 69.5. The van der Waals surface area contributed by atoms with E-state index in [2.05, 4.69) is 220 Å². The van der Waals surface area contributed by atoms with Gasteiger partial charge in [0.2, 0.25) is 0 Å². The number of furan rings is 1. The Labute approximate surface area is 403 Å². The van der Waals surface area contributed by atoms with E-state index in [1.807, 2.05) is 28.7 Å². The smallest absolute Gasteiger partial charge is 0.143 e. The number of allylic oxidation sites excluding steroid dienone is 1. The fourth-order valence-corrected chi connectivity index (χ4v) is 14.4. The average Bonchev–Trinajstić information content (AvgIpc) is 4.13. The third-order valence-corrected chi connectivity index (χ3v) is 17.5. The highest BCUT2D eigenvalue weighted by Crippen LogP contribution is 2.55. The minimum Gasteiger partial charge on any atom is -0.455 e. The minimum absolute atomic E-state index is 0.0295. The first-order chi connectivity index (χ1) is 33.4. The second-order valence-electron chi connectivity index (χ2n) is 19.2. The van der Waals surface area contributed by atoms with Crippen molar-refractivity contribution < 1.29 is 4.42 Å². The molecule has 14 rings (SSSR count). The predicted molar refractivity (Wildman–Crippen MR) is 293 cm³/mol. The second-order valence-corrected chi connectivity index (χ2v) is 21.3. The van der Waals surface area contributed by atoms with Crippen molar-refractivity contribution >= 4 is 98.0 Å². The van der Waals surface area contributed by atoms with Crippen molar-refractivity contribution in [3.05, 3.63) is 216 Å². The molecule has 3 heterocycles. The number of thiophene rings is 2. The van der Waals surface area contributed by atoms with E-state index in [-0.39, 0.29) is 5.41 Å². The summed E-state index contributed by atoms with van der Waals surface area (Å²) < 4.78 is 10.6. The van der Waals surface area contributed by atoms with E-state index in [9.17, 15) is 0 Å². The largest absolute Gasteiger partial charge is 0.455 e. The molecular formula is C64H45NOS2. The third-order valence-electron chi connectivity index (χ3n) is 15.0. The summed E-state index contributed by atoms with van der Waals surface area (Å²) in [5.41, 5.74) is 19.4. The van der Waals surface area contributed by atoms with E-state index in [4.69, 9.17) is 4.42 Å². The Hall–Kier alpha value is -7.50. The van der Waals surface area contributed by atoms with Crippen LogP contribution in [0.5, 0.6) is 0 Å². The van der Waals surface area contributed by atoms with Gasteiger partial charge in [0.1, 0.15) is 11.2 Å². The van der Waals surface area contributed by atoms with Crippen molar-refractivity contribution in [1.29, 1.82) is 0 Å². The van der Waals surface area contributed by atoms with Crippen molar-refractivity contribution in [3.8, 4) is 44.5 Å². The van der Waals surface area contributed by atoms with Gasteiger partial charge in [-0.15, -0.1) is 22.7 Å². The van der Waals surface area contributed by atoms with Crippen molar-refractivity contribution in [2.45, 2.75) is 38.5 Å². The predicted octanol–water partition coefficient (Wildman–Crippen LogP) is 19.5. The molecule has 0 saturated carbocycles. The van der Waals surface area contributed by atoms with E-state index in [1.54, 1.807) is 0 Å². The van der Waals surface area contributed by atoms with Gasteiger partial charge in [-0.3, -0.25) is 0 Å². The Balaban J connectivity index is 0.871. The molecule has 2 aliphatic carbocycles. The molecule has 0 fully saturated rings. The summed E-state index contributed by atoms with van der Waals surface area (Å²) >= 11 is 3.88. The molecule has 4 heteroatoms. The number of fused-ring (bicyclic) bond motifs is 13. The lowest BCUT2D eigenvalue weighted by molar-refractivity contribution is 0.661. The zero-order chi connectivity index (χ0) is 45.3. The van der Waals surface area contributed by atoms with Gasteiger partial charge < -0.3 is 9.32 Å². The van der Waals surface area contributed by atoms with Gasteiger partial charge in [-0.1, -0.05) is 172 Å². The van der Waals surface area contributed by atoms with Crippen molar-refractivity contribution in [3.63, 3.8) is 0 Å². The third kappa shape index (κ3) is 5.87. The van der Waals surface area contributed by atoms with Crippen LogP contribution in [0, 0.1) is 0 Å². The maximum Gasteiger partial charge on any atom is 0.143 e. The Morgan fingerprint density at radius 3 is 1.72 bits per heavy atom. The summed E-state index contributed by atoms with van der Waals surface area (Å²) in [5, 5.41) is 6.33. The lowest BCUT2D eigenvalue weighted by atomic mass is 9.82. The molecule has 0 spiro atoms. The van der Waals surface area contributed by atoms with E-state index < -0.39 is 0 Å². The molecule has 2 nitrogen and oxygen atoms in total. The van der Waals surface area contributed by atoms with Crippen molar-refractivity contribution in [1.82, 2.24) is 0 Å². The van der Waals surface area contributed by atoms with Crippen LogP contribution >= 0.6 is 22.7 Å². The summed E-state index contributed by atoms with van der Waals surface area (Å²) in [6.45, 7) is 7.10. The van der Waals surface area contributed by atoms with E-state index in [0.29, 0.717) is 5.92 Å². The summed E-state index contributed by atoms with van der Waals surface area (Å²) in [6.07, 6.45) is 5.76. The van der Waals surface area contributed by atoms with Gasteiger partial charge in [-0.05, 0) is 116 Å². The van der Waals surface area contributed by atoms with Gasteiger partial charge in [0.15, 0.2) is 0 Å². The van der Waals surface area contributed by atoms with E-state index >= 15 is 0 Å². The lowest BCUT2D eigenvalue weighted by Gasteiger charge is -2.26. The van der Waals surface area contributed by atoms with Crippen LogP contribution in [0.2, 0.25) is 0 Å². The second kappa shape index (κ2) is 15.0. The molecule has 0 N–H and O–H groups in total. The fourth-order valence-electron chi connectivity index (χ4n) is 11.6. The van der Waals surface area contributed by atoms with Crippen LogP contribution in [0.25, 0.3) is 103 Å². The number of nitrogens with zero attached hydrogens (tertiary/aromatic N) is 1. The van der Waals surface area contributed by atoms with Crippen LogP contribution in [-0.2, 0) is 5.41 Å². The number of benzene rings is 9. The number of hydrogen-bond donors (Lipinski definition) is 0. The molecule has 0 radical (unpaired) electrons. The fraction of sp³-hybridized carbons (Fsp3) is 0.0938. The average molecular weight is 908 g/mol. The van der Waals surface area contributed by atoms with Crippen LogP contribution < -0.4 is 4.90 Å². The molecule has 12 aromatic rings. The van der Waals surface area contributed by atoms with Gasteiger partial charge in [-0.25, -0.2) is 0 Å². The Bertz CT molecular complexity index is 4030. The SMILES string of the molecule is CC1CC=Cc2sc3c(-c4ccc(N(c5ccc(-c6cccc7c6oc6ccccc67)cc5)c5ccc(-c6cccc7c6sc6c8c(ccc67)C(C)(C)c6ccccc6-8)cc5)cc4)cccc3c21. The molecule has 0 bridgehead atoms. The molecule has 1 unspecified atom stereocenters. The maximum absolute atomic E-state index is 6.48. The zero-order valence-electron chi connectivity index (χ0n) is 38.0. The van der Waals surface area contributed by atoms with Gasteiger partial charge in [0.05, 0.1) is 0 Å². The molecule has 2 aliphatic rings. The lowest BCUT2D eigenvalue weighted by Crippen LogP contribution is -2.14. The van der Waals surface area contributed by atoms with Crippen LogP contribution in [0.4, 0.5) is 17.1 Å².